The van der Waals surface area contributed by atoms with Crippen molar-refractivity contribution in [2.75, 3.05) is 31.4 Å². The van der Waals surface area contributed by atoms with Gasteiger partial charge in [-0.25, -0.2) is 14.1 Å². The fraction of sp³-hybridized carbons (Fsp3) is 0.579. The highest BCUT2D eigenvalue weighted by Crippen LogP contribution is 2.32. The second kappa shape index (κ2) is 9.27. The van der Waals surface area contributed by atoms with E-state index in [0.29, 0.717) is 36.6 Å². The van der Waals surface area contributed by atoms with Crippen LogP contribution in [0.5, 0.6) is 0 Å². The van der Waals surface area contributed by atoms with Crippen LogP contribution in [-0.2, 0) is 37.5 Å². The summed E-state index contributed by atoms with van der Waals surface area (Å²) in [5.41, 5.74) is 1.70. The highest BCUT2D eigenvalue weighted by Gasteiger charge is 2.27. The van der Waals surface area contributed by atoms with Crippen LogP contribution in [0.15, 0.2) is 6.07 Å². The SMILES string of the molecule is COC(=O)CC1CCCN(c2c(F)cc(-c3nnn(C)c3COS(C)(=O)=O)nc2C)C1. The van der Waals surface area contributed by atoms with Gasteiger partial charge in [0.2, 0.25) is 0 Å². The Hall–Kier alpha value is -2.60. The van der Waals surface area contributed by atoms with Gasteiger partial charge in [0.25, 0.3) is 10.1 Å². The number of methoxy groups -OCH3 is 1. The summed E-state index contributed by atoms with van der Waals surface area (Å²) in [6, 6.07) is 1.26. The van der Waals surface area contributed by atoms with Crippen LogP contribution in [-0.4, -0.2) is 60.8 Å². The summed E-state index contributed by atoms with van der Waals surface area (Å²) in [5.74, 6) is -0.662. The number of hydrogen-bond donors (Lipinski definition) is 0. The first-order valence-corrected chi connectivity index (χ1v) is 11.6. The molecule has 0 radical (unpaired) electrons. The van der Waals surface area contributed by atoms with Gasteiger partial charge >= 0.3 is 5.97 Å². The molecule has 1 atom stereocenters. The molecule has 1 unspecified atom stereocenters. The first-order valence-electron chi connectivity index (χ1n) is 9.81. The van der Waals surface area contributed by atoms with Gasteiger partial charge in [-0.3, -0.25) is 8.98 Å². The highest BCUT2D eigenvalue weighted by molar-refractivity contribution is 7.85. The number of piperidine rings is 1. The predicted octanol–water partition coefficient (Wildman–Crippen LogP) is 1.58. The van der Waals surface area contributed by atoms with Crippen molar-refractivity contribution in [2.45, 2.75) is 32.8 Å². The minimum Gasteiger partial charge on any atom is -0.469 e. The molecule has 3 rings (SSSR count). The van der Waals surface area contributed by atoms with E-state index in [9.17, 15) is 13.2 Å². The molecule has 0 spiro atoms. The van der Waals surface area contributed by atoms with Crippen LogP contribution in [0.1, 0.15) is 30.7 Å². The average molecular weight is 456 g/mol. The molecule has 2 aromatic rings. The van der Waals surface area contributed by atoms with Crippen molar-refractivity contribution in [1.29, 1.82) is 0 Å². The fourth-order valence-electron chi connectivity index (χ4n) is 3.78. The Morgan fingerprint density at radius 2 is 2.13 bits per heavy atom. The highest BCUT2D eigenvalue weighted by atomic mass is 32.2. The molecule has 1 aliphatic rings. The number of hydrogen-bond acceptors (Lipinski definition) is 9. The topological polar surface area (TPSA) is 117 Å². The van der Waals surface area contributed by atoms with Crippen LogP contribution in [0, 0.1) is 18.7 Å². The molecule has 0 aromatic carbocycles. The number of pyridine rings is 1. The molecule has 170 valence electrons. The summed E-state index contributed by atoms with van der Waals surface area (Å²) >= 11 is 0. The van der Waals surface area contributed by atoms with E-state index < -0.39 is 15.9 Å². The molecule has 31 heavy (non-hydrogen) atoms. The maximum atomic E-state index is 15.2. The Balaban J connectivity index is 1.87. The van der Waals surface area contributed by atoms with Crippen LogP contribution >= 0.6 is 0 Å². The van der Waals surface area contributed by atoms with Crippen molar-refractivity contribution in [2.24, 2.45) is 13.0 Å². The van der Waals surface area contributed by atoms with Crippen molar-refractivity contribution in [1.82, 2.24) is 20.0 Å². The van der Waals surface area contributed by atoms with Crippen molar-refractivity contribution in [3.8, 4) is 11.4 Å². The van der Waals surface area contributed by atoms with Gasteiger partial charge in [0.15, 0.2) is 5.82 Å². The van der Waals surface area contributed by atoms with Crippen LogP contribution in [0.3, 0.4) is 0 Å². The lowest BCUT2D eigenvalue weighted by atomic mass is 9.94. The van der Waals surface area contributed by atoms with E-state index >= 15 is 4.39 Å². The molecular formula is C19H26FN5O5S. The minimum absolute atomic E-state index is 0.0828. The molecular weight excluding hydrogens is 429 g/mol. The van der Waals surface area contributed by atoms with Crippen molar-refractivity contribution < 1.29 is 26.5 Å². The zero-order chi connectivity index (χ0) is 22.8. The summed E-state index contributed by atoms with van der Waals surface area (Å²) in [6.07, 6.45) is 2.95. The molecule has 1 saturated heterocycles. The molecule has 3 heterocycles. The van der Waals surface area contributed by atoms with Crippen LogP contribution in [0.2, 0.25) is 0 Å². The molecule has 0 saturated carbocycles. The normalized spacial score (nSPS) is 17.1. The number of esters is 1. The molecule has 0 N–H and O–H groups in total. The number of carbonyl (C=O) groups is 1. The Morgan fingerprint density at radius 3 is 2.77 bits per heavy atom. The maximum Gasteiger partial charge on any atom is 0.305 e. The van der Waals surface area contributed by atoms with Gasteiger partial charge < -0.3 is 9.64 Å². The van der Waals surface area contributed by atoms with E-state index in [1.807, 2.05) is 4.90 Å². The standard InChI is InChI=1S/C19H26FN5O5S/c1-12-19(25-7-5-6-13(10-25)8-17(26)29-3)14(20)9-15(21-12)18-16(24(2)23-22-18)11-30-31(4,27)28/h9,13H,5-8,10-11H2,1-4H3. The third-order valence-electron chi connectivity index (χ3n) is 5.23. The second-order valence-corrected chi connectivity index (χ2v) is 9.28. The van der Waals surface area contributed by atoms with Gasteiger partial charge in [0.1, 0.15) is 12.3 Å². The van der Waals surface area contributed by atoms with Crippen LogP contribution in [0.4, 0.5) is 10.1 Å². The summed E-state index contributed by atoms with van der Waals surface area (Å²) in [5, 5.41) is 7.90. The number of rotatable bonds is 7. The largest absolute Gasteiger partial charge is 0.469 e. The summed E-state index contributed by atoms with van der Waals surface area (Å²) in [4.78, 5) is 18.0. The fourth-order valence-corrected chi connectivity index (χ4v) is 4.11. The van der Waals surface area contributed by atoms with Gasteiger partial charge in [0, 0.05) is 32.6 Å². The van der Waals surface area contributed by atoms with Gasteiger partial charge in [0.05, 0.1) is 36.1 Å². The zero-order valence-corrected chi connectivity index (χ0v) is 18.8. The van der Waals surface area contributed by atoms with E-state index in [-0.39, 0.29) is 29.9 Å². The lowest BCUT2D eigenvalue weighted by molar-refractivity contribution is -0.141. The smallest absolute Gasteiger partial charge is 0.305 e. The van der Waals surface area contributed by atoms with Crippen molar-refractivity contribution in [3.05, 3.63) is 23.3 Å². The molecule has 1 aliphatic heterocycles. The molecule has 0 bridgehead atoms. The third kappa shape index (κ3) is 5.56. The number of halogens is 1. The molecule has 2 aromatic heterocycles. The average Bonchev–Trinajstić information content (AvgIpc) is 3.06. The number of aromatic nitrogens is 4. The quantitative estimate of drug-likeness (QED) is 0.453. The molecule has 0 amide bonds. The molecule has 12 heteroatoms. The second-order valence-electron chi connectivity index (χ2n) is 7.63. The van der Waals surface area contributed by atoms with Gasteiger partial charge in [-0.15, -0.1) is 5.10 Å². The molecule has 0 aliphatic carbocycles. The van der Waals surface area contributed by atoms with E-state index in [0.717, 1.165) is 19.1 Å². The Morgan fingerprint density at radius 1 is 1.39 bits per heavy atom. The lowest BCUT2D eigenvalue weighted by Gasteiger charge is -2.34. The first-order chi connectivity index (χ1) is 14.6. The Labute approximate surface area is 180 Å². The van der Waals surface area contributed by atoms with Gasteiger partial charge in [-0.1, -0.05) is 5.21 Å². The molecule has 1 fully saturated rings. The van der Waals surface area contributed by atoms with Gasteiger partial charge in [-0.05, 0) is 25.7 Å². The van der Waals surface area contributed by atoms with Gasteiger partial charge in [-0.2, -0.15) is 8.42 Å². The Kier molecular flexibility index (Phi) is 6.90. The van der Waals surface area contributed by atoms with Crippen molar-refractivity contribution in [3.63, 3.8) is 0 Å². The Bertz CT molecular complexity index is 1050. The van der Waals surface area contributed by atoms with Crippen LogP contribution in [0.25, 0.3) is 11.4 Å². The summed E-state index contributed by atoms with van der Waals surface area (Å²) < 4.78 is 48.9. The monoisotopic (exact) mass is 455 g/mol. The van der Waals surface area contributed by atoms with Crippen molar-refractivity contribution >= 4 is 21.8 Å². The van der Waals surface area contributed by atoms with E-state index in [4.69, 9.17) is 8.92 Å². The van der Waals surface area contributed by atoms with Crippen LogP contribution < -0.4 is 4.90 Å². The minimum atomic E-state index is -3.67. The third-order valence-corrected chi connectivity index (χ3v) is 5.78. The maximum absolute atomic E-state index is 15.2. The van der Waals surface area contributed by atoms with E-state index in [2.05, 4.69) is 15.3 Å². The number of carbonyl (C=O) groups excluding carboxylic acids is 1. The lowest BCUT2D eigenvalue weighted by Crippen LogP contribution is -2.37. The number of aryl methyl sites for hydroxylation is 2. The van der Waals surface area contributed by atoms with E-state index in [1.54, 1.807) is 14.0 Å². The number of ether oxygens (including phenoxy) is 1. The molecule has 10 nitrogen and oxygen atoms in total. The first kappa shape index (κ1) is 23.1. The predicted molar refractivity (Wildman–Crippen MR) is 110 cm³/mol. The zero-order valence-electron chi connectivity index (χ0n) is 18.0. The number of anilines is 1. The summed E-state index contributed by atoms with van der Waals surface area (Å²) in [6.45, 7) is 2.61. The number of nitrogens with zero attached hydrogens (tertiary/aromatic N) is 5. The summed E-state index contributed by atoms with van der Waals surface area (Å²) in [7, 11) is -0.727. The van der Waals surface area contributed by atoms with E-state index in [1.165, 1.54) is 17.9 Å².